The zero-order valence-electron chi connectivity index (χ0n) is 9.85. The van der Waals surface area contributed by atoms with Crippen molar-refractivity contribution in [3.05, 3.63) is 33.7 Å². The Morgan fingerprint density at radius 3 is 2.83 bits per heavy atom. The number of likely N-dealkylation sites (N-methyl/N-ethyl adjacent to an activating group) is 1. The third kappa shape index (κ3) is 2.37. The van der Waals surface area contributed by atoms with Crippen LogP contribution in [0.15, 0.2) is 28.1 Å². The summed E-state index contributed by atoms with van der Waals surface area (Å²) in [6.07, 6.45) is 1.61. The fourth-order valence-corrected chi connectivity index (χ4v) is 2.63. The van der Waals surface area contributed by atoms with Crippen LogP contribution in [-0.2, 0) is 4.79 Å². The van der Waals surface area contributed by atoms with E-state index in [4.69, 9.17) is 11.6 Å². The van der Waals surface area contributed by atoms with Crippen LogP contribution in [0.2, 0.25) is 5.02 Å². The zero-order chi connectivity index (χ0) is 13.3. The molecule has 1 aliphatic heterocycles. The van der Waals surface area contributed by atoms with E-state index in [1.165, 1.54) is 22.7 Å². The van der Waals surface area contributed by atoms with Gasteiger partial charge in [0.05, 0.1) is 4.91 Å². The van der Waals surface area contributed by atoms with Crippen molar-refractivity contribution in [2.24, 2.45) is 4.99 Å². The minimum absolute atomic E-state index is 0.0878. The van der Waals surface area contributed by atoms with Crippen LogP contribution in [0.25, 0.3) is 6.08 Å². The largest absolute Gasteiger partial charge is 0.507 e. The van der Waals surface area contributed by atoms with Crippen LogP contribution in [-0.4, -0.2) is 35.2 Å². The number of aromatic hydroxyl groups is 1. The van der Waals surface area contributed by atoms with Crippen molar-refractivity contribution in [3.63, 3.8) is 0 Å². The van der Waals surface area contributed by atoms with Gasteiger partial charge in [0, 0.05) is 24.7 Å². The van der Waals surface area contributed by atoms with E-state index in [0.717, 1.165) is 0 Å². The number of amidine groups is 1. The van der Waals surface area contributed by atoms with Crippen LogP contribution in [0.5, 0.6) is 5.75 Å². The molecule has 4 nitrogen and oxygen atoms in total. The molecule has 1 heterocycles. The number of thioether (sulfide) groups is 1. The Morgan fingerprint density at radius 1 is 1.50 bits per heavy atom. The average molecular weight is 283 g/mol. The van der Waals surface area contributed by atoms with Crippen LogP contribution < -0.4 is 0 Å². The SMILES string of the molecule is CN=C1S/C(=C/c2cc(Cl)ccc2O)C(=O)N1C. The van der Waals surface area contributed by atoms with Gasteiger partial charge in [0.15, 0.2) is 5.17 Å². The molecule has 0 spiro atoms. The standard InChI is InChI=1S/C12H11ClN2O2S/c1-14-12-15(2)11(17)10(18-12)6-7-5-8(13)3-4-9(7)16/h3-6,16H,1-2H3/b10-6+,14-12?. The first-order valence-corrected chi connectivity index (χ1v) is 6.35. The Bertz CT molecular complexity index is 569. The van der Waals surface area contributed by atoms with Crippen LogP contribution in [0, 0.1) is 0 Å². The van der Waals surface area contributed by atoms with E-state index in [0.29, 0.717) is 20.7 Å². The highest BCUT2D eigenvalue weighted by Gasteiger charge is 2.29. The van der Waals surface area contributed by atoms with Gasteiger partial charge >= 0.3 is 0 Å². The van der Waals surface area contributed by atoms with Crippen LogP contribution >= 0.6 is 23.4 Å². The third-order valence-electron chi connectivity index (χ3n) is 2.47. The van der Waals surface area contributed by atoms with Crippen molar-refractivity contribution in [2.75, 3.05) is 14.1 Å². The van der Waals surface area contributed by atoms with Gasteiger partial charge in [-0.1, -0.05) is 11.6 Å². The molecule has 1 amide bonds. The van der Waals surface area contributed by atoms with Crippen molar-refractivity contribution in [2.45, 2.75) is 0 Å². The van der Waals surface area contributed by atoms with E-state index in [2.05, 4.69) is 4.99 Å². The predicted molar refractivity (Wildman–Crippen MR) is 74.8 cm³/mol. The molecule has 1 aromatic carbocycles. The maximum atomic E-state index is 11.9. The summed E-state index contributed by atoms with van der Waals surface area (Å²) >= 11 is 7.13. The molecule has 0 radical (unpaired) electrons. The minimum Gasteiger partial charge on any atom is -0.507 e. The number of halogens is 1. The Hall–Kier alpha value is -1.46. The first kappa shape index (κ1) is 13.0. The third-order valence-corrected chi connectivity index (χ3v) is 3.86. The van der Waals surface area contributed by atoms with E-state index < -0.39 is 0 Å². The molecule has 0 saturated carbocycles. The Balaban J connectivity index is 2.40. The summed E-state index contributed by atoms with van der Waals surface area (Å²) in [6.45, 7) is 0. The molecule has 0 aromatic heterocycles. The quantitative estimate of drug-likeness (QED) is 0.806. The second-order valence-corrected chi connectivity index (χ2v) is 5.13. The van der Waals surface area contributed by atoms with Gasteiger partial charge in [-0.25, -0.2) is 0 Å². The van der Waals surface area contributed by atoms with Crippen molar-refractivity contribution in [1.82, 2.24) is 4.90 Å². The van der Waals surface area contributed by atoms with E-state index in [9.17, 15) is 9.90 Å². The van der Waals surface area contributed by atoms with Crippen LogP contribution in [0.3, 0.4) is 0 Å². The molecule has 0 unspecified atom stereocenters. The molecular weight excluding hydrogens is 272 g/mol. The fourth-order valence-electron chi connectivity index (χ4n) is 1.53. The number of amides is 1. The molecule has 6 heteroatoms. The van der Waals surface area contributed by atoms with E-state index >= 15 is 0 Å². The van der Waals surface area contributed by atoms with Crippen LogP contribution in [0.1, 0.15) is 5.56 Å². The maximum Gasteiger partial charge on any atom is 0.266 e. The minimum atomic E-state index is -0.139. The summed E-state index contributed by atoms with van der Waals surface area (Å²) < 4.78 is 0. The average Bonchev–Trinajstić information content (AvgIpc) is 2.62. The first-order chi connectivity index (χ1) is 8.52. The Kier molecular flexibility index (Phi) is 3.63. The number of nitrogens with zero attached hydrogens (tertiary/aromatic N) is 2. The summed E-state index contributed by atoms with van der Waals surface area (Å²) in [7, 11) is 3.29. The number of phenols is 1. The van der Waals surface area contributed by atoms with E-state index in [1.807, 2.05) is 0 Å². The Morgan fingerprint density at radius 2 is 2.22 bits per heavy atom. The molecule has 0 atom stereocenters. The molecule has 2 rings (SSSR count). The lowest BCUT2D eigenvalue weighted by Crippen LogP contribution is -2.23. The van der Waals surface area contributed by atoms with Crippen molar-refractivity contribution in [3.8, 4) is 5.75 Å². The molecule has 1 aliphatic rings. The fraction of sp³-hybridized carbons (Fsp3) is 0.167. The van der Waals surface area contributed by atoms with Gasteiger partial charge in [0.2, 0.25) is 0 Å². The first-order valence-electron chi connectivity index (χ1n) is 5.16. The molecule has 1 fully saturated rings. The number of benzene rings is 1. The smallest absolute Gasteiger partial charge is 0.266 e. The number of rotatable bonds is 1. The number of hydrogen-bond donors (Lipinski definition) is 1. The normalized spacial score (nSPS) is 20.2. The van der Waals surface area contributed by atoms with Gasteiger partial charge in [-0.2, -0.15) is 0 Å². The number of aliphatic imine (C=N–C) groups is 1. The number of carbonyl (C=O) groups excluding carboxylic acids is 1. The lowest BCUT2D eigenvalue weighted by molar-refractivity contribution is -0.121. The number of phenolic OH excluding ortho intramolecular Hbond substituents is 1. The summed E-state index contributed by atoms with van der Waals surface area (Å²) in [5.74, 6) is -0.0511. The van der Waals surface area contributed by atoms with Gasteiger partial charge < -0.3 is 5.11 Å². The lowest BCUT2D eigenvalue weighted by atomic mass is 10.2. The predicted octanol–water partition coefficient (Wildman–Crippen LogP) is 2.58. The monoisotopic (exact) mass is 282 g/mol. The molecule has 1 N–H and O–H groups in total. The van der Waals surface area contributed by atoms with Gasteiger partial charge in [0.1, 0.15) is 5.75 Å². The van der Waals surface area contributed by atoms with Crippen LogP contribution in [0.4, 0.5) is 0 Å². The van der Waals surface area contributed by atoms with Gasteiger partial charge in [-0.05, 0) is 36.0 Å². The molecule has 1 aromatic rings. The van der Waals surface area contributed by atoms with Crippen molar-refractivity contribution in [1.29, 1.82) is 0 Å². The summed E-state index contributed by atoms with van der Waals surface area (Å²) in [5, 5.41) is 10.8. The highest BCUT2D eigenvalue weighted by atomic mass is 35.5. The number of hydrogen-bond acceptors (Lipinski definition) is 4. The molecule has 1 saturated heterocycles. The van der Waals surface area contributed by atoms with E-state index in [-0.39, 0.29) is 11.7 Å². The Labute approximate surface area is 114 Å². The summed E-state index contributed by atoms with van der Waals surface area (Å²) in [4.78, 5) is 17.9. The molecular formula is C12H11ClN2O2S. The molecule has 18 heavy (non-hydrogen) atoms. The van der Waals surface area contributed by atoms with E-state index in [1.54, 1.807) is 32.3 Å². The highest BCUT2D eigenvalue weighted by Crippen LogP contribution is 2.33. The second kappa shape index (κ2) is 5.04. The lowest BCUT2D eigenvalue weighted by Gasteiger charge is -2.05. The summed E-state index contributed by atoms with van der Waals surface area (Å²) in [6, 6.07) is 4.70. The molecule has 0 aliphatic carbocycles. The summed E-state index contributed by atoms with van der Waals surface area (Å²) in [5.41, 5.74) is 0.518. The second-order valence-electron chi connectivity index (χ2n) is 3.68. The molecule has 94 valence electrons. The van der Waals surface area contributed by atoms with Gasteiger partial charge in [-0.15, -0.1) is 0 Å². The van der Waals surface area contributed by atoms with Gasteiger partial charge in [0.25, 0.3) is 5.91 Å². The van der Waals surface area contributed by atoms with Crippen molar-refractivity contribution >= 4 is 40.5 Å². The van der Waals surface area contributed by atoms with Crippen molar-refractivity contribution < 1.29 is 9.90 Å². The maximum absolute atomic E-state index is 11.9. The van der Waals surface area contributed by atoms with Gasteiger partial charge in [-0.3, -0.25) is 14.7 Å². The topological polar surface area (TPSA) is 52.9 Å². The zero-order valence-corrected chi connectivity index (χ0v) is 11.4. The molecule has 0 bridgehead atoms. The number of carbonyl (C=O) groups is 1. The highest BCUT2D eigenvalue weighted by molar-refractivity contribution is 8.18.